The highest BCUT2D eigenvalue weighted by molar-refractivity contribution is 5.66. The summed E-state index contributed by atoms with van der Waals surface area (Å²) >= 11 is 0. The summed E-state index contributed by atoms with van der Waals surface area (Å²) in [4.78, 5) is 20.0. The van der Waals surface area contributed by atoms with Crippen molar-refractivity contribution in [2.24, 2.45) is 0 Å². The number of aliphatic carboxylic acids is 1. The Kier molecular flexibility index (Phi) is 5.69. The smallest absolute Gasteiger partial charge is 0.481 e. The Hall–Kier alpha value is -3.27. The Morgan fingerprint density at radius 3 is 2.50 bits per heavy atom. The highest BCUT2D eigenvalue weighted by Gasteiger charge is 2.31. The number of hydroxylamine groups is 1. The van der Waals surface area contributed by atoms with Gasteiger partial charge in [-0.1, -0.05) is 12.1 Å². The largest absolute Gasteiger partial charge is 0.573 e. The monoisotopic (exact) mass is 396 g/mol. The zero-order valence-electron chi connectivity index (χ0n) is 14.3. The number of aromatic nitrogens is 1. The van der Waals surface area contributed by atoms with Gasteiger partial charge in [-0.25, -0.2) is 5.48 Å². The number of carboxylic acids is 1. The summed E-state index contributed by atoms with van der Waals surface area (Å²) in [6.45, 7) is 0. The minimum Gasteiger partial charge on any atom is -0.481 e. The molecule has 0 radical (unpaired) electrons. The molecule has 0 spiro atoms. The van der Waals surface area contributed by atoms with Crippen LogP contribution in [-0.2, 0) is 16.1 Å². The molecule has 0 unspecified atom stereocenters. The summed E-state index contributed by atoms with van der Waals surface area (Å²) in [7, 11) is 0. The average Bonchev–Trinajstić information content (AvgIpc) is 3.09. The number of alkyl halides is 3. The highest BCUT2D eigenvalue weighted by atomic mass is 19.4. The van der Waals surface area contributed by atoms with Crippen molar-refractivity contribution in [2.45, 2.75) is 25.3 Å². The van der Waals surface area contributed by atoms with Crippen molar-refractivity contribution >= 4 is 5.97 Å². The van der Waals surface area contributed by atoms with Crippen LogP contribution in [-0.4, -0.2) is 22.4 Å². The van der Waals surface area contributed by atoms with Crippen LogP contribution in [0, 0.1) is 0 Å². The summed E-state index contributed by atoms with van der Waals surface area (Å²) in [5, 5.41) is 8.66. The van der Waals surface area contributed by atoms with Gasteiger partial charge in [-0.3, -0.25) is 14.6 Å². The number of nitrogens with zero attached hydrogens (tertiary/aromatic N) is 1. The van der Waals surface area contributed by atoms with E-state index in [0.717, 1.165) is 0 Å². The fourth-order valence-corrected chi connectivity index (χ4v) is 2.39. The van der Waals surface area contributed by atoms with Gasteiger partial charge in [0, 0.05) is 18.2 Å². The minimum absolute atomic E-state index is 0.0117. The first-order valence-electron chi connectivity index (χ1n) is 8.12. The van der Waals surface area contributed by atoms with Crippen molar-refractivity contribution in [2.75, 3.05) is 0 Å². The predicted octanol–water partition coefficient (Wildman–Crippen LogP) is 3.49. The number of carbonyl (C=O) groups is 1. The van der Waals surface area contributed by atoms with E-state index in [0.29, 0.717) is 29.3 Å². The van der Waals surface area contributed by atoms with Crippen LogP contribution >= 0.6 is 0 Å². The maximum Gasteiger partial charge on any atom is 0.573 e. The van der Waals surface area contributed by atoms with Gasteiger partial charge in [0.2, 0.25) is 5.88 Å². The average molecular weight is 396 g/mol. The lowest BCUT2D eigenvalue weighted by Gasteiger charge is -2.11. The Morgan fingerprint density at radius 2 is 1.89 bits per heavy atom. The lowest BCUT2D eigenvalue weighted by atomic mass is 10.1. The molecule has 1 aliphatic heterocycles. The molecule has 28 heavy (non-hydrogen) atoms. The molecule has 1 atom stereocenters. The summed E-state index contributed by atoms with van der Waals surface area (Å²) in [5.74, 6) is -0.517. The normalized spacial score (nSPS) is 16.2. The molecule has 7 nitrogen and oxygen atoms in total. The van der Waals surface area contributed by atoms with E-state index >= 15 is 0 Å². The summed E-state index contributed by atoms with van der Waals surface area (Å²) in [5.41, 5.74) is 3.81. The third-order valence-electron chi connectivity index (χ3n) is 3.65. The van der Waals surface area contributed by atoms with Gasteiger partial charge in [0.1, 0.15) is 17.6 Å². The molecule has 1 aromatic heterocycles. The van der Waals surface area contributed by atoms with Crippen molar-refractivity contribution in [3.63, 3.8) is 0 Å². The molecule has 2 heterocycles. The first-order chi connectivity index (χ1) is 13.3. The second-order valence-corrected chi connectivity index (χ2v) is 5.77. The Morgan fingerprint density at radius 1 is 1.18 bits per heavy atom. The summed E-state index contributed by atoms with van der Waals surface area (Å²) in [6, 6.07) is 8.59. The van der Waals surface area contributed by atoms with Gasteiger partial charge in [-0.05, 0) is 29.8 Å². The molecule has 0 amide bonds. The number of aryl methyl sites for hydroxylation is 1. The van der Waals surface area contributed by atoms with Gasteiger partial charge >= 0.3 is 12.3 Å². The first kappa shape index (κ1) is 19.5. The molecule has 3 rings (SSSR count). The van der Waals surface area contributed by atoms with Crippen molar-refractivity contribution in [3.05, 3.63) is 65.8 Å². The van der Waals surface area contributed by atoms with Crippen molar-refractivity contribution in [3.8, 4) is 11.5 Å². The van der Waals surface area contributed by atoms with Crippen LogP contribution in [0.3, 0.4) is 0 Å². The molecular weight excluding hydrogens is 381 g/mol. The van der Waals surface area contributed by atoms with Crippen molar-refractivity contribution in [1.82, 2.24) is 10.5 Å². The fourth-order valence-electron chi connectivity index (χ4n) is 2.39. The lowest BCUT2D eigenvalue weighted by Crippen LogP contribution is -2.17. The van der Waals surface area contributed by atoms with E-state index < -0.39 is 18.4 Å². The molecule has 2 aromatic rings. The van der Waals surface area contributed by atoms with E-state index in [1.807, 2.05) is 0 Å². The van der Waals surface area contributed by atoms with Gasteiger partial charge in [0.05, 0.1) is 12.6 Å². The van der Waals surface area contributed by atoms with E-state index in [1.54, 1.807) is 18.2 Å². The maximum atomic E-state index is 12.2. The zero-order chi connectivity index (χ0) is 20.1. The number of halogens is 3. The molecule has 148 valence electrons. The number of rotatable bonds is 7. The van der Waals surface area contributed by atoms with Crippen LogP contribution in [0.4, 0.5) is 13.2 Å². The van der Waals surface area contributed by atoms with E-state index in [1.165, 1.54) is 30.5 Å². The van der Waals surface area contributed by atoms with E-state index in [2.05, 4.69) is 15.2 Å². The fraction of sp³-hybridized carbons (Fsp3) is 0.222. The van der Waals surface area contributed by atoms with Crippen molar-refractivity contribution < 1.29 is 37.4 Å². The minimum atomic E-state index is -4.74. The molecule has 0 saturated heterocycles. The molecule has 2 N–H and O–H groups in total. The number of pyridine rings is 1. The maximum absolute atomic E-state index is 12.2. The molecule has 1 aliphatic rings. The molecule has 0 fully saturated rings. The SMILES string of the molecule is O=C(O)CCc1ccc(OC2=C[C@H](c3ccc(OC(F)(F)F)cc3)ON2)cn1. The standard InChI is InChI=1S/C18H15F3N2O5/c19-18(20,21)27-13-5-1-11(2-6-13)15-9-16(23-28-15)26-14-7-3-12(22-10-14)4-8-17(24)25/h1-3,5-7,9-10,15,23H,4,8H2,(H,24,25)/t15-/m1/s1. The van der Waals surface area contributed by atoms with Crippen molar-refractivity contribution in [1.29, 1.82) is 0 Å². The topological polar surface area (TPSA) is 89.9 Å². The summed E-state index contributed by atoms with van der Waals surface area (Å²) < 4.78 is 46.0. The number of nitrogens with one attached hydrogen (secondary N) is 1. The Balaban J connectivity index is 1.58. The molecule has 0 bridgehead atoms. The molecule has 1 aromatic carbocycles. The van der Waals surface area contributed by atoms with Gasteiger partial charge in [0.15, 0.2) is 0 Å². The molecule has 0 aliphatic carbocycles. The number of ether oxygens (including phenoxy) is 2. The quantitative estimate of drug-likeness (QED) is 0.740. The van der Waals surface area contributed by atoms with Gasteiger partial charge in [-0.2, -0.15) is 0 Å². The number of benzene rings is 1. The van der Waals surface area contributed by atoms with Crippen LogP contribution in [0.25, 0.3) is 0 Å². The predicted molar refractivity (Wildman–Crippen MR) is 89.0 cm³/mol. The van der Waals surface area contributed by atoms with Crippen LogP contribution < -0.4 is 15.0 Å². The first-order valence-corrected chi connectivity index (χ1v) is 8.12. The lowest BCUT2D eigenvalue weighted by molar-refractivity contribution is -0.274. The summed E-state index contributed by atoms with van der Waals surface area (Å²) in [6.07, 6.45) is -1.94. The molecular formula is C18H15F3N2O5. The second-order valence-electron chi connectivity index (χ2n) is 5.77. The molecule has 10 heteroatoms. The van der Waals surface area contributed by atoms with Gasteiger partial charge < -0.3 is 14.6 Å². The third kappa shape index (κ3) is 5.61. The number of hydrogen-bond donors (Lipinski definition) is 2. The highest BCUT2D eigenvalue weighted by Crippen LogP contribution is 2.28. The van der Waals surface area contributed by atoms with E-state index in [-0.39, 0.29) is 12.2 Å². The molecule has 0 saturated carbocycles. The van der Waals surface area contributed by atoms with Crippen LogP contribution in [0.2, 0.25) is 0 Å². The van der Waals surface area contributed by atoms with Gasteiger partial charge in [-0.15, -0.1) is 13.2 Å². The Labute approximate surface area is 157 Å². The van der Waals surface area contributed by atoms with E-state index in [4.69, 9.17) is 14.7 Å². The third-order valence-corrected chi connectivity index (χ3v) is 3.65. The van der Waals surface area contributed by atoms with Crippen LogP contribution in [0.5, 0.6) is 11.5 Å². The van der Waals surface area contributed by atoms with Crippen LogP contribution in [0.15, 0.2) is 54.6 Å². The second kappa shape index (κ2) is 8.17. The van der Waals surface area contributed by atoms with Crippen LogP contribution in [0.1, 0.15) is 23.8 Å². The van der Waals surface area contributed by atoms with E-state index in [9.17, 15) is 18.0 Å². The zero-order valence-corrected chi connectivity index (χ0v) is 14.3. The Bertz CT molecular complexity index is 851. The van der Waals surface area contributed by atoms with Gasteiger partial charge in [0.25, 0.3) is 0 Å². The number of carboxylic acid groups (broad SMARTS) is 1. The number of hydrogen-bond acceptors (Lipinski definition) is 6.